The SMILES string of the molecule is CCOc1cc([C@H]2C(C#N)=C(N)Oc3c2c(=O)oc2ccccc32)ccc1OC(=O)c1cccs1. The normalized spacial score (nSPS) is 14.7. The average Bonchev–Trinajstić information content (AvgIpc) is 3.40. The minimum atomic E-state index is -0.870. The lowest BCUT2D eigenvalue weighted by atomic mass is 9.83. The van der Waals surface area contributed by atoms with Crippen molar-refractivity contribution in [3.63, 3.8) is 0 Å². The maximum Gasteiger partial charge on any atom is 0.353 e. The van der Waals surface area contributed by atoms with Crippen LogP contribution in [-0.2, 0) is 0 Å². The number of carbonyl (C=O) groups excluding carboxylic acids is 1. The lowest BCUT2D eigenvalue weighted by molar-refractivity contribution is 0.0733. The maximum atomic E-state index is 13.1. The third kappa shape index (κ3) is 3.90. The smallest absolute Gasteiger partial charge is 0.353 e. The number of fused-ring (bicyclic) bond motifs is 3. The molecule has 4 aromatic rings. The van der Waals surface area contributed by atoms with Gasteiger partial charge in [0.15, 0.2) is 17.2 Å². The number of ether oxygens (including phenoxy) is 3. The first kappa shape index (κ1) is 22.3. The standard InChI is InChI=1S/C26H18N2O6S/c1-2-31-19-12-14(9-10-18(19)33-25(29)20-8-5-11-35-20)21-16(13-27)24(28)34-23-15-6-3-4-7-17(15)32-26(30)22(21)23/h3-12,21H,2,28H2,1H3/t21-/m0/s1. The van der Waals surface area contributed by atoms with Crippen LogP contribution in [0.3, 0.4) is 0 Å². The molecule has 35 heavy (non-hydrogen) atoms. The first-order valence-electron chi connectivity index (χ1n) is 10.7. The van der Waals surface area contributed by atoms with Gasteiger partial charge in [0.25, 0.3) is 0 Å². The summed E-state index contributed by atoms with van der Waals surface area (Å²) in [6.07, 6.45) is 0. The van der Waals surface area contributed by atoms with Gasteiger partial charge in [0.2, 0.25) is 5.88 Å². The van der Waals surface area contributed by atoms with Crippen LogP contribution in [0.1, 0.15) is 33.6 Å². The number of allylic oxidation sites excluding steroid dienone is 1. The second kappa shape index (κ2) is 9.00. The molecule has 2 aromatic carbocycles. The molecule has 8 nitrogen and oxygen atoms in total. The molecule has 3 heterocycles. The van der Waals surface area contributed by atoms with Crippen molar-refractivity contribution >= 4 is 28.3 Å². The highest BCUT2D eigenvalue weighted by Gasteiger charge is 2.36. The molecule has 0 saturated carbocycles. The molecule has 0 fully saturated rings. The third-order valence-electron chi connectivity index (χ3n) is 5.50. The Morgan fingerprint density at radius 2 is 2.00 bits per heavy atom. The summed E-state index contributed by atoms with van der Waals surface area (Å²) in [6.45, 7) is 2.09. The Bertz CT molecular complexity index is 1580. The number of thiophene rings is 1. The number of hydrogen-bond acceptors (Lipinski definition) is 9. The minimum Gasteiger partial charge on any atom is -0.490 e. The van der Waals surface area contributed by atoms with Gasteiger partial charge >= 0.3 is 11.6 Å². The average molecular weight is 487 g/mol. The molecular weight excluding hydrogens is 468 g/mol. The van der Waals surface area contributed by atoms with E-state index in [4.69, 9.17) is 24.4 Å². The van der Waals surface area contributed by atoms with Crippen molar-refractivity contribution in [1.82, 2.24) is 0 Å². The minimum absolute atomic E-state index is 0.0610. The van der Waals surface area contributed by atoms with Gasteiger partial charge in [-0.15, -0.1) is 11.3 Å². The highest BCUT2D eigenvalue weighted by Crippen LogP contribution is 2.45. The Hall–Kier alpha value is -4.55. The van der Waals surface area contributed by atoms with Gasteiger partial charge in [-0.1, -0.05) is 24.3 Å². The van der Waals surface area contributed by atoms with E-state index in [-0.39, 0.29) is 34.3 Å². The van der Waals surface area contributed by atoms with Crippen molar-refractivity contribution < 1.29 is 23.4 Å². The molecule has 0 amide bonds. The van der Waals surface area contributed by atoms with Crippen LogP contribution in [0.25, 0.3) is 11.0 Å². The number of carbonyl (C=O) groups is 1. The summed E-state index contributed by atoms with van der Waals surface area (Å²) in [4.78, 5) is 26.0. The van der Waals surface area contributed by atoms with E-state index in [9.17, 15) is 14.9 Å². The lowest BCUT2D eigenvalue weighted by Crippen LogP contribution is -2.26. The van der Waals surface area contributed by atoms with E-state index in [1.807, 2.05) is 0 Å². The molecule has 0 saturated heterocycles. The van der Waals surface area contributed by atoms with Crippen molar-refractivity contribution in [3.05, 3.63) is 97.9 Å². The van der Waals surface area contributed by atoms with Gasteiger partial charge in [-0.3, -0.25) is 0 Å². The molecule has 2 N–H and O–H groups in total. The molecule has 0 spiro atoms. The topological polar surface area (TPSA) is 125 Å². The van der Waals surface area contributed by atoms with Crippen LogP contribution in [0.2, 0.25) is 0 Å². The van der Waals surface area contributed by atoms with Crippen LogP contribution in [0.4, 0.5) is 0 Å². The fraction of sp³-hybridized carbons (Fsp3) is 0.115. The van der Waals surface area contributed by atoms with Crippen molar-refractivity contribution in [2.24, 2.45) is 5.73 Å². The van der Waals surface area contributed by atoms with Crippen molar-refractivity contribution in [2.45, 2.75) is 12.8 Å². The largest absolute Gasteiger partial charge is 0.490 e. The Morgan fingerprint density at radius 1 is 1.17 bits per heavy atom. The molecule has 1 atom stereocenters. The predicted molar refractivity (Wildman–Crippen MR) is 129 cm³/mol. The second-order valence-electron chi connectivity index (χ2n) is 7.56. The molecule has 0 aliphatic carbocycles. The number of para-hydroxylation sites is 1. The summed E-state index contributed by atoms with van der Waals surface area (Å²) >= 11 is 1.26. The van der Waals surface area contributed by atoms with Crippen LogP contribution in [0, 0.1) is 11.3 Å². The first-order chi connectivity index (χ1) is 17.0. The Labute approximate surface area is 203 Å². The van der Waals surface area contributed by atoms with E-state index in [0.29, 0.717) is 28.0 Å². The number of benzene rings is 2. The zero-order chi connectivity index (χ0) is 24.5. The fourth-order valence-electron chi connectivity index (χ4n) is 4.00. The molecule has 5 rings (SSSR count). The molecule has 174 valence electrons. The number of hydrogen-bond donors (Lipinski definition) is 1. The Morgan fingerprint density at radius 3 is 2.74 bits per heavy atom. The summed E-state index contributed by atoms with van der Waals surface area (Å²) < 4.78 is 22.6. The van der Waals surface area contributed by atoms with E-state index in [1.165, 1.54) is 11.3 Å². The van der Waals surface area contributed by atoms with E-state index in [0.717, 1.165) is 0 Å². The van der Waals surface area contributed by atoms with Gasteiger partial charge in [-0.25, -0.2) is 9.59 Å². The van der Waals surface area contributed by atoms with Crippen LogP contribution >= 0.6 is 11.3 Å². The zero-order valence-corrected chi connectivity index (χ0v) is 19.3. The van der Waals surface area contributed by atoms with Crippen LogP contribution < -0.4 is 25.6 Å². The molecule has 1 aliphatic rings. The van der Waals surface area contributed by atoms with Gasteiger partial charge in [-0.2, -0.15) is 5.26 Å². The van der Waals surface area contributed by atoms with Crippen molar-refractivity contribution in [1.29, 1.82) is 5.26 Å². The van der Waals surface area contributed by atoms with E-state index in [1.54, 1.807) is 66.9 Å². The Balaban J connectivity index is 1.65. The molecule has 0 bridgehead atoms. The molecule has 0 unspecified atom stereocenters. The van der Waals surface area contributed by atoms with E-state index >= 15 is 0 Å². The fourth-order valence-corrected chi connectivity index (χ4v) is 4.60. The van der Waals surface area contributed by atoms with Gasteiger partial charge in [0, 0.05) is 0 Å². The molecule has 1 aliphatic heterocycles. The lowest BCUT2D eigenvalue weighted by Gasteiger charge is -2.26. The summed E-state index contributed by atoms with van der Waals surface area (Å²) in [5, 5.41) is 12.2. The summed E-state index contributed by atoms with van der Waals surface area (Å²) in [5.41, 5.74) is 6.56. The van der Waals surface area contributed by atoms with Gasteiger partial charge in [-0.05, 0) is 48.2 Å². The highest BCUT2D eigenvalue weighted by atomic mass is 32.1. The molecule has 0 radical (unpaired) electrons. The third-order valence-corrected chi connectivity index (χ3v) is 6.35. The molecule has 9 heteroatoms. The van der Waals surface area contributed by atoms with Gasteiger partial charge in [0.05, 0.1) is 23.5 Å². The van der Waals surface area contributed by atoms with Crippen LogP contribution in [-0.4, -0.2) is 12.6 Å². The van der Waals surface area contributed by atoms with Gasteiger partial charge in [0.1, 0.15) is 22.1 Å². The summed E-state index contributed by atoms with van der Waals surface area (Å²) in [6, 6.07) is 17.2. The van der Waals surface area contributed by atoms with Crippen LogP contribution in [0.5, 0.6) is 17.2 Å². The zero-order valence-electron chi connectivity index (χ0n) is 18.4. The number of esters is 1. The van der Waals surface area contributed by atoms with E-state index < -0.39 is 17.5 Å². The summed E-state index contributed by atoms with van der Waals surface area (Å²) in [5.74, 6) is -0.757. The predicted octanol–water partition coefficient (Wildman–Crippen LogP) is 4.69. The highest BCUT2D eigenvalue weighted by molar-refractivity contribution is 7.12. The first-order valence-corrected chi connectivity index (χ1v) is 11.6. The molecule has 2 aromatic heterocycles. The molecular formula is C26H18N2O6S. The Kier molecular flexibility index (Phi) is 5.73. The monoisotopic (exact) mass is 486 g/mol. The van der Waals surface area contributed by atoms with Gasteiger partial charge < -0.3 is 24.4 Å². The van der Waals surface area contributed by atoms with Crippen molar-refractivity contribution in [2.75, 3.05) is 6.61 Å². The second-order valence-corrected chi connectivity index (χ2v) is 8.51. The summed E-state index contributed by atoms with van der Waals surface area (Å²) in [7, 11) is 0. The number of nitriles is 1. The number of nitrogens with zero attached hydrogens (tertiary/aromatic N) is 1. The van der Waals surface area contributed by atoms with E-state index in [2.05, 4.69) is 6.07 Å². The van der Waals surface area contributed by atoms with Crippen molar-refractivity contribution in [3.8, 4) is 23.3 Å². The maximum absolute atomic E-state index is 13.1. The number of nitrogens with two attached hydrogens (primary N) is 1. The quantitative estimate of drug-likeness (QED) is 0.245. The van der Waals surface area contributed by atoms with Crippen LogP contribution in [0.15, 0.2) is 80.6 Å². The number of rotatable bonds is 5.